The van der Waals surface area contributed by atoms with Gasteiger partial charge in [0.25, 0.3) is 5.91 Å². The molecule has 1 atom stereocenters. The summed E-state index contributed by atoms with van der Waals surface area (Å²) in [4.78, 5) is 39.7. The summed E-state index contributed by atoms with van der Waals surface area (Å²) in [6.45, 7) is 6.58. The SMILES string of the molecule is CC(C)(C)OC(=O)N1CCC(NC(=O)c2ccc3c(c2)C2=C(C3)C(=O)CCCC23CC3)C1. The molecule has 0 radical (unpaired) electrons. The van der Waals surface area contributed by atoms with E-state index in [2.05, 4.69) is 5.32 Å². The van der Waals surface area contributed by atoms with Gasteiger partial charge in [-0.25, -0.2) is 4.79 Å². The predicted molar refractivity (Wildman–Crippen MR) is 121 cm³/mol. The fourth-order valence-electron chi connectivity index (χ4n) is 5.54. The van der Waals surface area contributed by atoms with Gasteiger partial charge in [0.2, 0.25) is 0 Å². The van der Waals surface area contributed by atoms with Crippen LogP contribution in [0.25, 0.3) is 5.57 Å². The Morgan fingerprint density at radius 2 is 1.97 bits per heavy atom. The molecule has 32 heavy (non-hydrogen) atoms. The molecule has 6 heteroatoms. The second-order valence-corrected chi connectivity index (χ2v) is 10.8. The molecule has 170 valence electrons. The number of fused-ring (bicyclic) bond motifs is 3. The molecule has 0 bridgehead atoms. The number of carbonyl (C=O) groups excluding carboxylic acids is 3. The van der Waals surface area contributed by atoms with Gasteiger partial charge in [0.15, 0.2) is 5.78 Å². The van der Waals surface area contributed by atoms with Crippen molar-refractivity contribution in [2.75, 3.05) is 13.1 Å². The first-order valence-corrected chi connectivity index (χ1v) is 11.8. The molecule has 4 aliphatic rings. The maximum absolute atomic E-state index is 13.0. The number of ether oxygens (including phenoxy) is 1. The van der Waals surface area contributed by atoms with Crippen molar-refractivity contribution in [3.05, 3.63) is 40.5 Å². The zero-order chi connectivity index (χ0) is 22.7. The molecule has 1 aromatic rings. The highest BCUT2D eigenvalue weighted by Crippen LogP contribution is 2.63. The summed E-state index contributed by atoms with van der Waals surface area (Å²) in [5, 5.41) is 3.09. The molecule has 5 rings (SSSR count). The molecular formula is C26H32N2O4. The number of benzene rings is 1. The van der Waals surface area contributed by atoms with E-state index in [1.54, 1.807) is 4.90 Å². The highest BCUT2D eigenvalue weighted by molar-refractivity contribution is 6.08. The molecule has 1 saturated carbocycles. The Labute approximate surface area is 189 Å². The highest BCUT2D eigenvalue weighted by Gasteiger charge is 2.51. The number of carbonyl (C=O) groups is 3. The third kappa shape index (κ3) is 3.84. The van der Waals surface area contributed by atoms with Crippen molar-refractivity contribution in [3.63, 3.8) is 0 Å². The Balaban J connectivity index is 1.30. The van der Waals surface area contributed by atoms with Crippen LogP contribution in [0.4, 0.5) is 4.79 Å². The molecule has 6 nitrogen and oxygen atoms in total. The highest BCUT2D eigenvalue weighted by atomic mass is 16.6. The van der Waals surface area contributed by atoms with E-state index in [0.29, 0.717) is 43.7 Å². The number of hydrogen-bond donors (Lipinski definition) is 1. The van der Waals surface area contributed by atoms with Gasteiger partial charge >= 0.3 is 6.09 Å². The van der Waals surface area contributed by atoms with Crippen LogP contribution >= 0.6 is 0 Å². The summed E-state index contributed by atoms with van der Waals surface area (Å²) in [5.41, 5.74) is 4.78. The minimum Gasteiger partial charge on any atom is -0.444 e. The van der Waals surface area contributed by atoms with Crippen LogP contribution in [-0.2, 0) is 16.0 Å². The summed E-state index contributed by atoms with van der Waals surface area (Å²) in [6, 6.07) is 5.79. The van der Waals surface area contributed by atoms with Gasteiger partial charge in [-0.1, -0.05) is 6.07 Å². The topological polar surface area (TPSA) is 75.7 Å². The third-order valence-corrected chi connectivity index (χ3v) is 7.27. The molecule has 1 aromatic carbocycles. The van der Waals surface area contributed by atoms with Gasteiger partial charge < -0.3 is 15.0 Å². The number of rotatable bonds is 2. The van der Waals surface area contributed by atoms with Crippen molar-refractivity contribution < 1.29 is 19.1 Å². The molecule has 3 aliphatic carbocycles. The number of nitrogens with one attached hydrogen (secondary N) is 1. The summed E-state index contributed by atoms with van der Waals surface area (Å²) >= 11 is 0. The molecular weight excluding hydrogens is 404 g/mol. The van der Waals surface area contributed by atoms with Crippen LogP contribution in [0.3, 0.4) is 0 Å². The van der Waals surface area contributed by atoms with Crippen molar-refractivity contribution in [1.29, 1.82) is 0 Å². The lowest BCUT2D eigenvalue weighted by Gasteiger charge is -2.24. The second-order valence-electron chi connectivity index (χ2n) is 10.8. The monoisotopic (exact) mass is 436 g/mol. The summed E-state index contributed by atoms with van der Waals surface area (Å²) in [5.74, 6) is 0.168. The van der Waals surface area contributed by atoms with E-state index in [4.69, 9.17) is 4.74 Å². The van der Waals surface area contributed by atoms with Crippen LogP contribution in [0.15, 0.2) is 23.8 Å². The largest absolute Gasteiger partial charge is 0.444 e. The third-order valence-electron chi connectivity index (χ3n) is 7.27. The van der Waals surface area contributed by atoms with E-state index in [0.717, 1.165) is 36.8 Å². The van der Waals surface area contributed by atoms with Gasteiger partial charge in [0.05, 0.1) is 0 Å². The van der Waals surface area contributed by atoms with Gasteiger partial charge in [-0.05, 0) is 87.1 Å². The van der Waals surface area contributed by atoms with E-state index >= 15 is 0 Å². The average Bonchev–Trinajstić information content (AvgIpc) is 3.20. The number of amides is 2. The first-order chi connectivity index (χ1) is 15.2. The zero-order valence-corrected chi connectivity index (χ0v) is 19.3. The number of ketones is 1. The van der Waals surface area contributed by atoms with Crippen LogP contribution in [0, 0.1) is 5.41 Å². The lowest BCUT2D eigenvalue weighted by atomic mass is 9.86. The van der Waals surface area contributed by atoms with Crippen molar-refractivity contribution in [2.24, 2.45) is 5.41 Å². The summed E-state index contributed by atoms with van der Waals surface area (Å²) in [7, 11) is 0. The summed E-state index contributed by atoms with van der Waals surface area (Å²) in [6.07, 6.45) is 6.09. The predicted octanol–water partition coefficient (Wildman–Crippen LogP) is 4.27. The van der Waals surface area contributed by atoms with E-state index in [9.17, 15) is 14.4 Å². The first kappa shape index (κ1) is 21.2. The van der Waals surface area contributed by atoms with Gasteiger partial charge in [-0.3, -0.25) is 9.59 Å². The molecule has 1 N–H and O–H groups in total. The smallest absolute Gasteiger partial charge is 0.410 e. The number of hydrogen-bond acceptors (Lipinski definition) is 4. The number of Topliss-reactive ketones (excluding diaryl/α,β-unsaturated/α-hetero) is 1. The Morgan fingerprint density at radius 1 is 1.19 bits per heavy atom. The summed E-state index contributed by atoms with van der Waals surface area (Å²) < 4.78 is 5.45. The molecule has 2 amide bonds. The quantitative estimate of drug-likeness (QED) is 0.751. The second kappa shape index (κ2) is 7.46. The maximum atomic E-state index is 13.0. The standard InChI is InChI=1S/C26H32N2O4/c1-25(2,3)32-24(31)28-12-8-18(15-28)27-23(30)17-7-6-16-13-20-21(29)5-4-9-26(10-11-26)22(20)19(16)14-17/h6-7,14,18H,4-5,8-13,15H2,1-3H3,(H,27,30). The Hall–Kier alpha value is -2.63. The van der Waals surface area contributed by atoms with Crippen molar-refractivity contribution in [1.82, 2.24) is 10.2 Å². The lowest BCUT2D eigenvalue weighted by Crippen LogP contribution is -2.40. The zero-order valence-electron chi connectivity index (χ0n) is 19.3. The Kier molecular flexibility index (Phi) is 4.95. The van der Waals surface area contributed by atoms with Crippen LogP contribution < -0.4 is 5.32 Å². The first-order valence-electron chi connectivity index (χ1n) is 11.8. The minimum atomic E-state index is -0.533. The van der Waals surface area contributed by atoms with Gasteiger partial charge in [-0.15, -0.1) is 0 Å². The van der Waals surface area contributed by atoms with E-state index < -0.39 is 5.60 Å². The van der Waals surface area contributed by atoms with E-state index in [1.165, 1.54) is 11.1 Å². The Morgan fingerprint density at radius 3 is 2.69 bits per heavy atom. The van der Waals surface area contributed by atoms with Crippen LogP contribution in [0.2, 0.25) is 0 Å². The fourth-order valence-corrected chi connectivity index (χ4v) is 5.54. The van der Waals surface area contributed by atoms with E-state index in [-0.39, 0.29) is 23.5 Å². The van der Waals surface area contributed by atoms with Crippen molar-refractivity contribution in [2.45, 2.75) is 77.4 Å². The maximum Gasteiger partial charge on any atom is 0.410 e. The molecule has 0 aromatic heterocycles. The normalized spacial score (nSPS) is 23.7. The molecule has 1 unspecified atom stereocenters. The minimum absolute atomic E-state index is 0.0905. The molecule has 1 heterocycles. The van der Waals surface area contributed by atoms with Crippen LogP contribution in [0.5, 0.6) is 0 Å². The van der Waals surface area contributed by atoms with Gasteiger partial charge in [0.1, 0.15) is 5.60 Å². The van der Waals surface area contributed by atoms with Gasteiger partial charge in [-0.2, -0.15) is 0 Å². The fraction of sp³-hybridized carbons (Fsp3) is 0.577. The Bertz CT molecular complexity index is 1030. The molecule has 1 aliphatic heterocycles. The average molecular weight is 437 g/mol. The van der Waals surface area contributed by atoms with Crippen molar-refractivity contribution >= 4 is 23.4 Å². The van der Waals surface area contributed by atoms with Gasteiger partial charge in [0, 0.05) is 43.1 Å². The molecule has 2 fully saturated rings. The lowest BCUT2D eigenvalue weighted by molar-refractivity contribution is -0.115. The molecule has 1 spiro atoms. The number of nitrogens with zero attached hydrogens (tertiary/aromatic N) is 1. The molecule has 1 saturated heterocycles. The van der Waals surface area contributed by atoms with Crippen LogP contribution in [0.1, 0.15) is 80.8 Å². The number of allylic oxidation sites excluding steroid dienone is 2. The number of likely N-dealkylation sites (tertiary alicyclic amines) is 1. The van der Waals surface area contributed by atoms with Crippen molar-refractivity contribution in [3.8, 4) is 0 Å². The van der Waals surface area contributed by atoms with Crippen LogP contribution in [-0.4, -0.2) is 47.4 Å². The van der Waals surface area contributed by atoms with E-state index in [1.807, 2.05) is 39.0 Å².